The molecule has 1 unspecified atom stereocenters. The molecule has 0 heterocycles. The van der Waals surface area contributed by atoms with Gasteiger partial charge in [-0.3, -0.25) is 4.79 Å². The highest BCUT2D eigenvalue weighted by Gasteiger charge is 2.41. The predicted molar refractivity (Wildman–Crippen MR) is 80.4 cm³/mol. The van der Waals surface area contributed by atoms with Gasteiger partial charge in [-0.15, -0.1) is 0 Å². The first kappa shape index (κ1) is 12.9. The fraction of sp³-hybridized carbons (Fsp3) is 0.278. The van der Waals surface area contributed by atoms with Gasteiger partial charge in [0.25, 0.3) is 0 Å². The number of hydrogen-bond donors (Lipinski definition) is 1. The average molecular weight is 265 g/mol. The maximum Gasteiger partial charge on any atom is 0.228 e. The van der Waals surface area contributed by atoms with E-state index in [1.54, 1.807) is 0 Å². The highest BCUT2D eigenvalue weighted by Crippen LogP contribution is 2.39. The second-order valence-corrected chi connectivity index (χ2v) is 5.62. The Balaban J connectivity index is 2.08. The van der Waals surface area contributed by atoms with Gasteiger partial charge in [0.05, 0.1) is 5.41 Å². The summed E-state index contributed by atoms with van der Waals surface area (Å²) >= 11 is 0. The number of primary amides is 1. The van der Waals surface area contributed by atoms with Crippen molar-refractivity contribution in [1.29, 1.82) is 0 Å². The molecule has 3 rings (SSSR count). The minimum Gasteiger partial charge on any atom is -0.369 e. The number of benzene rings is 2. The van der Waals surface area contributed by atoms with Crippen LogP contribution in [0.2, 0.25) is 0 Å². The van der Waals surface area contributed by atoms with E-state index in [0.29, 0.717) is 6.42 Å². The van der Waals surface area contributed by atoms with E-state index in [4.69, 9.17) is 5.73 Å². The molecular weight excluding hydrogens is 246 g/mol. The van der Waals surface area contributed by atoms with Gasteiger partial charge < -0.3 is 5.73 Å². The average Bonchev–Trinajstić information content (AvgIpc) is 2.48. The summed E-state index contributed by atoms with van der Waals surface area (Å²) in [6.45, 7) is 0. The predicted octanol–water partition coefficient (Wildman–Crippen LogP) is 2.99. The van der Waals surface area contributed by atoms with Gasteiger partial charge >= 0.3 is 0 Å². The maximum atomic E-state index is 12.3. The van der Waals surface area contributed by atoms with Crippen molar-refractivity contribution >= 4 is 5.91 Å². The van der Waals surface area contributed by atoms with Crippen LogP contribution < -0.4 is 5.73 Å². The maximum absolute atomic E-state index is 12.3. The zero-order valence-electron chi connectivity index (χ0n) is 11.5. The second-order valence-electron chi connectivity index (χ2n) is 5.62. The second kappa shape index (κ2) is 5.12. The SMILES string of the molecule is NC(=O)C1(Cc2ccccc2)CCCc2ccccc21. The van der Waals surface area contributed by atoms with Crippen molar-refractivity contribution in [1.82, 2.24) is 0 Å². The molecule has 0 aromatic heterocycles. The van der Waals surface area contributed by atoms with Crippen LogP contribution in [0.5, 0.6) is 0 Å². The van der Waals surface area contributed by atoms with Gasteiger partial charge in [0.1, 0.15) is 0 Å². The quantitative estimate of drug-likeness (QED) is 0.911. The number of carbonyl (C=O) groups is 1. The van der Waals surface area contributed by atoms with Crippen LogP contribution in [0.15, 0.2) is 54.6 Å². The van der Waals surface area contributed by atoms with Crippen LogP contribution in [0, 0.1) is 0 Å². The summed E-state index contributed by atoms with van der Waals surface area (Å²) in [6, 6.07) is 18.4. The minimum absolute atomic E-state index is 0.200. The Hall–Kier alpha value is -2.09. The van der Waals surface area contributed by atoms with Crippen LogP contribution in [-0.4, -0.2) is 5.91 Å². The Morgan fingerprint density at radius 3 is 2.50 bits per heavy atom. The molecule has 0 saturated heterocycles. The van der Waals surface area contributed by atoms with Crippen molar-refractivity contribution < 1.29 is 4.79 Å². The molecule has 0 fully saturated rings. The first-order chi connectivity index (χ1) is 9.72. The summed E-state index contributed by atoms with van der Waals surface area (Å²) < 4.78 is 0. The molecule has 102 valence electrons. The van der Waals surface area contributed by atoms with Crippen molar-refractivity contribution in [3.8, 4) is 0 Å². The molecule has 0 aliphatic heterocycles. The van der Waals surface area contributed by atoms with Crippen molar-refractivity contribution in [3.05, 3.63) is 71.3 Å². The molecule has 2 heteroatoms. The Bertz CT molecular complexity index is 620. The normalized spacial score (nSPS) is 21.2. The molecule has 0 bridgehead atoms. The summed E-state index contributed by atoms with van der Waals surface area (Å²) in [4.78, 5) is 12.3. The summed E-state index contributed by atoms with van der Waals surface area (Å²) in [5.74, 6) is -0.200. The monoisotopic (exact) mass is 265 g/mol. The van der Waals surface area contributed by atoms with Crippen LogP contribution in [0.4, 0.5) is 0 Å². The van der Waals surface area contributed by atoms with E-state index in [1.807, 2.05) is 30.3 Å². The molecule has 2 N–H and O–H groups in total. The van der Waals surface area contributed by atoms with E-state index >= 15 is 0 Å². The first-order valence-electron chi connectivity index (χ1n) is 7.15. The van der Waals surface area contributed by atoms with Crippen molar-refractivity contribution in [2.24, 2.45) is 5.73 Å². The van der Waals surface area contributed by atoms with Crippen molar-refractivity contribution in [3.63, 3.8) is 0 Å². The molecule has 1 amide bonds. The van der Waals surface area contributed by atoms with E-state index in [1.165, 1.54) is 11.1 Å². The first-order valence-corrected chi connectivity index (χ1v) is 7.15. The third-order valence-corrected chi connectivity index (χ3v) is 4.40. The van der Waals surface area contributed by atoms with Gasteiger partial charge in [0.2, 0.25) is 5.91 Å². The third kappa shape index (κ3) is 2.11. The number of nitrogens with two attached hydrogens (primary N) is 1. The molecular formula is C18H19NO. The molecule has 1 atom stereocenters. The van der Waals surface area contributed by atoms with Crippen LogP contribution in [0.25, 0.3) is 0 Å². The smallest absolute Gasteiger partial charge is 0.228 e. The molecule has 0 radical (unpaired) electrons. The molecule has 2 nitrogen and oxygen atoms in total. The summed E-state index contributed by atoms with van der Waals surface area (Å²) in [6.07, 6.45) is 3.60. The van der Waals surface area contributed by atoms with Gasteiger partial charge in [-0.25, -0.2) is 0 Å². The number of amides is 1. The summed E-state index contributed by atoms with van der Waals surface area (Å²) in [7, 11) is 0. The van der Waals surface area contributed by atoms with E-state index in [9.17, 15) is 4.79 Å². The lowest BCUT2D eigenvalue weighted by Gasteiger charge is -2.36. The van der Waals surface area contributed by atoms with Gasteiger partial charge in [0.15, 0.2) is 0 Å². The van der Waals surface area contributed by atoms with E-state index in [0.717, 1.165) is 24.8 Å². The van der Waals surface area contributed by atoms with E-state index in [-0.39, 0.29) is 5.91 Å². The standard InChI is InChI=1S/C18H19NO/c19-17(20)18(13-14-7-2-1-3-8-14)12-6-10-15-9-4-5-11-16(15)18/h1-5,7-9,11H,6,10,12-13H2,(H2,19,20). The minimum atomic E-state index is -0.545. The van der Waals surface area contributed by atoms with Crippen LogP contribution in [0.1, 0.15) is 29.5 Å². The lowest BCUT2D eigenvalue weighted by molar-refractivity contribution is -0.124. The third-order valence-electron chi connectivity index (χ3n) is 4.40. The fourth-order valence-corrected chi connectivity index (χ4v) is 3.39. The number of rotatable bonds is 3. The van der Waals surface area contributed by atoms with Crippen LogP contribution >= 0.6 is 0 Å². The summed E-state index contributed by atoms with van der Waals surface area (Å²) in [5, 5.41) is 0. The Morgan fingerprint density at radius 2 is 1.75 bits per heavy atom. The molecule has 2 aromatic rings. The van der Waals surface area contributed by atoms with Crippen molar-refractivity contribution in [2.75, 3.05) is 0 Å². The largest absolute Gasteiger partial charge is 0.369 e. The highest BCUT2D eigenvalue weighted by atomic mass is 16.1. The van der Waals surface area contributed by atoms with Gasteiger partial charge in [-0.05, 0) is 42.4 Å². The Kier molecular flexibility index (Phi) is 3.31. The number of hydrogen-bond acceptors (Lipinski definition) is 1. The highest BCUT2D eigenvalue weighted by molar-refractivity contribution is 5.88. The summed E-state index contributed by atoms with van der Waals surface area (Å²) in [5.41, 5.74) is 8.85. The molecule has 1 aliphatic rings. The zero-order chi connectivity index (χ0) is 14.0. The number of aryl methyl sites for hydroxylation is 1. The van der Waals surface area contributed by atoms with Gasteiger partial charge in [-0.1, -0.05) is 54.6 Å². The van der Waals surface area contributed by atoms with E-state index < -0.39 is 5.41 Å². The van der Waals surface area contributed by atoms with Crippen LogP contribution in [0.3, 0.4) is 0 Å². The van der Waals surface area contributed by atoms with Crippen LogP contribution in [-0.2, 0) is 23.1 Å². The van der Waals surface area contributed by atoms with Gasteiger partial charge in [0, 0.05) is 0 Å². The zero-order valence-corrected chi connectivity index (χ0v) is 11.5. The molecule has 0 spiro atoms. The number of carbonyl (C=O) groups excluding carboxylic acids is 1. The molecule has 0 saturated carbocycles. The molecule has 2 aromatic carbocycles. The lowest BCUT2D eigenvalue weighted by atomic mass is 9.66. The van der Waals surface area contributed by atoms with E-state index in [2.05, 4.69) is 24.3 Å². The Morgan fingerprint density at radius 1 is 1.05 bits per heavy atom. The lowest BCUT2D eigenvalue weighted by Crippen LogP contribution is -2.45. The van der Waals surface area contributed by atoms with Gasteiger partial charge in [-0.2, -0.15) is 0 Å². The fourth-order valence-electron chi connectivity index (χ4n) is 3.39. The Labute approximate surface area is 119 Å². The number of fused-ring (bicyclic) bond motifs is 1. The molecule has 1 aliphatic carbocycles. The topological polar surface area (TPSA) is 43.1 Å². The molecule has 20 heavy (non-hydrogen) atoms. The van der Waals surface area contributed by atoms with Crippen molar-refractivity contribution in [2.45, 2.75) is 31.1 Å².